The fourth-order valence-corrected chi connectivity index (χ4v) is 3.91. The monoisotopic (exact) mass is 399 g/mol. The molecule has 3 aromatic carbocycles. The zero-order valence-electron chi connectivity index (χ0n) is 17.3. The van der Waals surface area contributed by atoms with Gasteiger partial charge in [0.05, 0.1) is 5.92 Å². The molecule has 0 N–H and O–H groups in total. The Balaban J connectivity index is 1.39. The number of hydrogen-bond acceptors (Lipinski definition) is 3. The Bertz CT molecular complexity index is 1060. The van der Waals surface area contributed by atoms with E-state index in [1.54, 1.807) is 4.90 Å². The summed E-state index contributed by atoms with van der Waals surface area (Å²) in [6, 6.07) is 23.8. The predicted octanol–water partition coefficient (Wildman–Crippen LogP) is 4.85. The van der Waals surface area contributed by atoms with E-state index >= 15 is 0 Å². The lowest BCUT2D eigenvalue weighted by Crippen LogP contribution is -2.27. The number of rotatable bonds is 5. The summed E-state index contributed by atoms with van der Waals surface area (Å²) in [7, 11) is 0. The van der Waals surface area contributed by atoms with Crippen LogP contribution in [0.5, 0.6) is 5.75 Å². The molecule has 1 saturated heterocycles. The van der Waals surface area contributed by atoms with Crippen LogP contribution in [0.15, 0.2) is 72.8 Å². The lowest BCUT2D eigenvalue weighted by molar-refractivity contribution is -0.139. The lowest BCUT2D eigenvalue weighted by Gasteiger charge is -2.19. The number of anilines is 1. The smallest absolute Gasteiger partial charge is 0.316 e. The molecule has 1 fully saturated rings. The van der Waals surface area contributed by atoms with Crippen LogP contribution in [-0.2, 0) is 16.0 Å². The molecule has 0 unspecified atom stereocenters. The zero-order chi connectivity index (χ0) is 21.1. The van der Waals surface area contributed by atoms with Crippen molar-refractivity contribution in [2.75, 3.05) is 11.4 Å². The van der Waals surface area contributed by atoms with Crippen molar-refractivity contribution >= 4 is 17.6 Å². The van der Waals surface area contributed by atoms with Gasteiger partial charge in [-0.15, -0.1) is 0 Å². The molecule has 30 heavy (non-hydrogen) atoms. The van der Waals surface area contributed by atoms with Gasteiger partial charge in [-0.1, -0.05) is 60.2 Å². The number of aryl methyl sites for hydroxylation is 2. The molecule has 4 nitrogen and oxygen atoms in total. The van der Waals surface area contributed by atoms with Crippen molar-refractivity contribution in [1.29, 1.82) is 0 Å². The Kier molecular flexibility index (Phi) is 5.66. The van der Waals surface area contributed by atoms with Gasteiger partial charge >= 0.3 is 5.97 Å². The number of carbonyl (C=O) groups is 2. The molecule has 0 saturated carbocycles. The summed E-state index contributed by atoms with van der Waals surface area (Å²) in [5, 5.41) is 0. The first-order chi connectivity index (χ1) is 14.5. The van der Waals surface area contributed by atoms with E-state index in [0.717, 1.165) is 28.8 Å². The minimum absolute atomic E-state index is 0.0397. The normalized spacial score (nSPS) is 16.0. The van der Waals surface area contributed by atoms with E-state index in [4.69, 9.17) is 4.74 Å². The van der Waals surface area contributed by atoms with E-state index in [9.17, 15) is 9.59 Å². The average molecular weight is 399 g/mol. The standard InChI is InChI=1S/C26H25NO3/c1-18-8-13-24(19(2)14-18)27-17-22(16-25(27)28)26(29)30-23-11-9-21(10-12-23)15-20-6-4-3-5-7-20/h3-14,22H,15-17H2,1-2H3/t22-/m0/s1. The second-order valence-electron chi connectivity index (χ2n) is 7.92. The van der Waals surface area contributed by atoms with E-state index in [2.05, 4.69) is 12.1 Å². The Hall–Kier alpha value is -3.40. The molecule has 152 valence electrons. The van der Waals surface area contributed by atoms with Gasteiger partial charge in [-0.3, -0.25) is 9.59 Å². The SMILES string of the molecule is Cc1ccc(N2C[C@@H](C(=O)Oc3ccc(Cc4ccccc4)cc3)CC2=O)c(C)c1. The van der Waals surface area contributed by atoms with Gasteiger partial charge < -0.3 is 9.64 Å². The van der Waals surface area contributed by atoms with Crippen molar-refractivity contribution in [2.24, 2.45) is 5.92 Å². The van der Waals surface area contributed by atoms with Gasteiger partial charge in [-0.2, -0.15) is 0 Å². The van der Waals surface area contributed by atoms with Crippen molar-refractivity contribution < 1.29 is 14.3 Å². The highest BCUT2D eigenvalue weighted by Crippen LogP contribution is 2.29. The summed E-state index contributed by atoms with van der Waals surface area (Å²) in [5.74, 6) is -0.343. The first-order valence-electron chi connectivity index (χ1n) is 10.2. The molecular weight excluding hydrogens is 374 g/mol. The van der Waals surface area contributed by atoms with Crippen LogP contribution < -0.4 is 9.64 Å². The topological polar surface area (TPSA) is 46.6 Å². The molecule has 4 rings (SSSR count). The van der Waals surface area contributed by atoms with E-state index in [1.807, 2.05) is 74.5 Å². The van der Waals surface area contributed by atoms with Gasteiger partial charge in [-0.05, 0) is 55.2 Å². The number of hydrogen-bond donors (Lipinski definition) is 0. The Morgan fingerprint density at radius 1 is 0.967 bits per heavy atom. The van der Waals surface area contributed by atoms with E-state index in [-0.39, 0.29) is 18.3 Å². The van der Waals surface area contributed by atoms with Crippen LogP contribution >= 0.6 is 0 Å². The fourth-order valence-electron chi connectivity index (χ4n) is 3.91. The highest BCUT2D eigenvalue weighted by molar-refractivity contribution is 6.00. The third-order valence-electron chi connectivity index (χ3n) is 5.49. The maximum atomic E-state index is 12.7. The van der Waals surface area contributed by atoms with Crippen molar-refractivity contribution in [2.45, 2.75) is 26.7 Å². The molecule has 1 amide bonds. The Morgan fingerprint density at radius 2 is 1.67 bits per heavy atom. The first-order valence-corrected chi connectivity index (χ1v) is 10.2. The molecule has 4 heteroatoms. The largest absolute Gasteiger partial charge is 0.426 e. The number of esters is 1. The van der Waals surface area contributed by atoms with Gasteiger partial charge in [0.1, 0.15) is 5.75 Å². The summed E-state index contributed by atoms with van der Waals surface area (Å²) >= 11 is 0. The summed E-state index contributed by atoms with van der Waals surface area (Å²) in [6.07, 6.45) is 1.01. The number of carbonyl (C=O) groups excluding carboxylic acids is 2. The van der Waals surface area contributed by atoms with Crippen molar-refractivity contribution in [3.05, 3.63) is 95.1 Å². The van der Waals surface area contributed by atoms with Crippen molar-refractivity contribution in [3.8, 4) is 5.75 Å². The third kappa shape index (κ3) is 4.43. The Morgan fingerprint density at radius 3 is 2.37 bits per heavy atom. The molecule has 0 aliphatic carbocycles. The molecule has 1 aliphatic heterocycles. The van der Waals surface area contributed by atoms with Gasteiger partial charge in [0.15, 0.2) is 0 Å². The maximum Gasteiger partial charge on any atom is 0.316 e. The van der Waals surface area contributed by atoms with Crippen LogP contribution in [0.4, 0.5) is 5.69 Å². The van der Waals surface area contributed by atoms with Crippen molar-refractivity contribution in [3.63, 3.8) is 0 Å². The summed E-state index contributed by atoms with van der Waals surface area (Å²) in [5.41, 5.74) is 5.43. The zero-order valence-corrected chi connectivity index (χ0v) is 17.3. The molecular formula is C26H25NO3. The van der Waals surface area contributed by atoms with Gasteiger partial charge in [0.25, 0.3) is 0 Å². The van der Waals surface area contributed by atoms with Gasteiger partial charge in [-0.25, -0.2) is 0 Å². The third-order valence-corrected chi connectivity index (χ3v) is 5.49. The van der Waals surface area contributed by atoms with E-state index in [0.29, 0.717) is 12.3 Å². The molecule has 0 bridgehead atoms. The van der Waals surface area contributed by atoms with E-state index < -0.39 is 5.92 Å². The van der Waals surface area contributed by atoms with Crippen LogP contribution in [0.25, 0.3) is 0 Å². The minimum Gasteiger partial charge on any atom is -0.426 e. The molecule has 0 spiro atoms. The number of benzene rings is 3. The maximum absolute atomic E-state index is 12.7. The van der Waals surface area contributed by atoms with Crippen LogP contribution in [0.2, 0.25) is 0 Å². The van der Waals surface area contributed by atoms with Crippen LogP contribution in [0.1, 0.15) is 28.7 Å². The summed E-state index contributed by atoms with van der Waals surface area (Å²) in [6.45, 7) is 4.36. The predicted molar refractivity (Wildman–Crippen MR) is 118 cm³/mol. The van der Waals surface area contributed by atoms with Crippen LogP contribution in [0, 0.1) is 19.8 Å². The highest BCUT2D eigenvalue weighted by atomic mass is 16.5. The molecule has 1 heterocycles. The molecule has 0 aromatic heterocycles. The summed E-state index contributed by atoms with van der Waals surface area (Å²) < 4.78 is 5.57. The minimum atomic E-state index is -0.456. The lowest BCUT2D eigenvalue weighted by atomic mass is 10.1. The van der Waals surface area contributed by atoms with E-state index in [1.165, 1.54) is 5.56 Å². The fraction of sp³-hybridized carbons (Fsp3) is 0.231. The van der Waals surface area contributed by atoms with Crippen LogP contribution in [-0.4, -0.2) is 18.4 Å². The summed E-state index contributed by atoms with van der Waals surface area (Å²) in [4.78, 5) is 26.9. The average Bonchev–Trinajstić information content (AvgIpc) is 3.12. The number of amides is 1. The first kappa shape index (κ1) is 19.9. The Labute approximate surface area is 177 Å². The molecule has 1 atom stereocenters. The van der Waals surface area contributed by atoms with Gasteiger partial charge in [0.2, 0.25) is 5.91 Å². The van der Waals surface area contributed by atoms with Crippen molar-refractivity contribution in [1.82, 2.24) is 0 Å². The highest BCUT2D eigenvalue weighted by Gasteiger charge is 2.36. The number of nitrogens with zero attached hydrogens (tertiary/aromatic N) is 1. The second-order valence-corrected chi connectivity index (χ2v) is 7.92. The second kappa shape index (κ2) is 8.54. The molecule has 3 aromatic rings. The van der Waals surface area contributed by atoms with Gasteiger partial charge in [0, 0.05) is 18.7 Å². The quantitative estimate of drug-likeness (QED) is 0.455. The van der Waals surface area contributed by atoms with Crippen LogP contribution in [0.3, 0.4) is 0 Å². The molecule has 1 aliphatic rings. The molecule has 0 radical (unpaired) electrons. The number of ether oxygens (including phenoxy) is 1.